The predicted molar refractivity (Wildman–Crippen MR) is 109 cm³/mol. The molecule has 6 nitrogen and oxygen atoms in total. The minimum atomic E-state index is -0.201. The molecule has 4 rings (SSSR count). The Hall–Kier alpha value is -3.19. The SMILES string of the molecule is Cc1nc(NC(=O)c2ccc(CN3C(=O)COc4ccccc43)cc2)sc1C. The second-order valence-electron chi connectivity index (χ2n) is 6.55. The van der Waals surface area contributed by atoms with Gasteiger partial charge in [0.05, 0.1) is 17.9 Å². The number of aryl methyl sites for hydroxylation is 2. The zero-order valence-corrected chi connectivity index (χ0v) is 16.4. The summed E-state index contributed by atoms with van der Waals surface area (Å²) in [4.78, 5) is 31.8. The Kier molecular flexibility index (Phi) is 4.83. The predicted octanol–water partition coefficient (Wildman–Crippen LogP) is 3.94. The summed E-state index contributed by atoms with van der Waals surface area (Å²) in [6.07, 6.45) is 0. The van der Waals surface area contributed by atoms with E-state index in [0.717, 1.165) is 21.8 Å². The van der Waals surface area contributed by atoms with Crippen molar-refractivity contribution in [3.8, 4) is 5.75 Å². The number of carbonyl (C=O) groups excluding carboxylic acids is 2. The summed E-state index contributed by atoms with van der Waals surface area (Å²) in [7, 11) is 0. The maximum Gasteiger partial charge on any atom is 0.265 e. The smallest absolute Gasteiger partial charge is 0.265 e. The average molecular weight is 393 g/mol. The normalized spacial score (nSPS) is 13.1. The highest BCUT2D eigenvalue weighted by atomic mass is 32.1. The Morgan fingerprint density at radius 3 is 2.64 bits per heavy atom. The molecule has 1 N–H and O–H groups in total. The number of amides is 2. The molecule has 2 aromatic carbocycles. The summed E-state index contributed by atoms with van der Waals surface area (Å²) < 4.78 is 5.47. The summed E-state index contributed by atoms with van der Waals surface area (Å²) in [5.41, 5.74) is 3.16. The van der Waals surface area contributed by atoms with Gasteiger partial charge in [-0.15, -0.1) is 11.3 Å². The number of hydrogen-bond donors (Lipinski definition) is 1. The van der Waals surface area contributed by atoms with Crippen LogP contribution in [0.15, 0.2) is 48.5 Å². The first kappa shape index (κ1) is 18.2. The lowest BCUT2D eigenvalue weighted by atomic mass is 10.1. The number of carbonyl (C=O) groups is 2. The van der Waals surface area contributed by atoms with Crippen LogP contribution in [0, 0.1) is 13.8 Å². The molecule has 0 saturated carbocycles. The number of fused-ring (bicyclic) bond motifs is 1. The molecule has 0 fully saturated rings. The van der Waals surface area contributed by atoms with Gasteiger partial charge in [0.15, 0.2) is 11.7 Å². The molecule has 142 valence electrons. The molecule has 0 radical (unpaired) electrons. The van der Waals surface area contributed by atoms with Gasteiger partial charge in [-0.25, -0.2) is 4.98 Å². The van der Waals surface area contributed by atoms with Gasteiger partial charge in [0.2, 0.25) is 0 Å². The van der Waals surface area contributed by atoms with Gasteiger partial charge in [0.1, 0.15) is 5.75 Å². The molecule has 0 saturated heterocycles. The van der Waals surface area contributed by atoms with Crippen LogP contribution in [0.3, 0.4) is 0 Å². The number of anilines is 2. The number of ether oxygens (including phenoxy) is 1. The molecule has 3 aromatic rings. The van der Waals surface area contributed by atoms with Crippen molar-refractivity contribution < 1.29 is 14.3 Å². The third-order valence-electron chi connectivity index (χ3n) is 4.61. The summed E-state index contributed by atoms with van der Waals surface area (Å²) in [5.74, 6) is 0.412. The van der Waals surface area contributed by atoms with Gasteiger partial charge in [0, 0.05) is 10.4 Å². The molecule has 1 aliphatic rings. The molecule has 0 unspecified atom stereocenters. The van der Waals surface area contributed by atoms with Crippen LogP contribution in [0.1, 0.15) is 26.5 Å². The Bertz CT molecular complexity index is 1020. The highest BCUT2D eigenvalue weighted by molar-refractivity contribution is 7.15. The number of nitrogens with one attached hydrogen (secondary N) is 1. The van der Waals surface area contributed by atoms with E-state index < -0.39 is 0 Å². The van der Waals surface area contributed by atoms with Gasteiger partial charge in [-0.3, -0.25) is 14.9 Å². The van der Waals surface area contributed by atoms with Crippen molar-refractivity contribution in [1.82, 2.24) is 4.98 Å². The van der Waals surface area contributed by atoms with E-state index in [4.69, 9.17) is 4.74 Å². The Morgan fingerprint density at radius 2 is 1.93 bits per heavy atom. The molecule has 1 aromatic heterocycles. The molecule has 7 heteroatoms. The van der Waals surface area contributed by atoms with Crippen LogP contribution in [0.5, 0.6) is 5.75 Å². The zero-order chi connectivity index (χ0) is 19.7. The quantitative estimate of drug-likeness (QED) is 0.729. The minimum Gasteiger partial charge on any atom is -0.482 e. The van der Waals surface area contributed by atoms with Crippen molar-refractivity contribution in [2.75, 3.05) is 16.8 Å². The van der Waals surface area contributed by atoms with Crippen LogP contribution < -0.4 is 15.0 Å². The molecule has 1 aliphatic heterocycles. The van der Waals surface area contributed by atoms with Gasteiger partial charge in [-0.05, 0) is 43.7 Å². The first-order valence-corrected chi connectivity index (χ1v) is 9.69. The number of hydrogen-bond acceptors (Lipinski definition) is 5. The van der Waals surface area contributed by atoms with Gasteiger partial charge >= 0.3 is 0 Å². The van der Waals surface area contributed by atoms with Crippen LogP contribution in [0.4, 0.5) is 10.8 Å². The summed E-state index contributed by atoms with van der Waals surface area (Å²) >= 11 is 1.46. The van der Waals surface area contributed by atoms with Gasteiger partial charge in [-0.2, -0.15) is 0 Å². The first-order valence-electron chi connectivity index (χ1n) is 8.88. The van der Waals surface area contributed by atoms with E-state index in [-0.39, 0.29) is 18.4 Å². The van der Waals surface area contributed by atoms with Crippen molar-refractivity contribution in [2.45, 2.75) is 20.4 Å². The largest absolute Gasteiger partial charge is 0.482 e. The summed E-state index contributed by atoms with van der Waals surface area (Å²) in [6.45, 7) is 4.35. The highest BCUT2D eigenvalue weighted by Gasteiger charge is 2.25. The van der Waals surface area contributed by atoms with Crippen LogP contribution in [-0.4, -0.2) is 23.4 Å². The third-order valence-corrected chi connectivity index (χ3v) is 5.60. The lowest BCUT2D eigenvalue weighted by Crippen LogP contribution is -2.38. The van der Waals surface area contributed by atoms with E-state index in [1.54, 1.807) is 17.0 Å². The fraction of sp³-hybridized carbons (Fsp3) is 0.190. The van der Waals surface area contributed by atoms with E-state index in [1.807, 2.05) is 50.2 Å². The number of thiazole rings is 1. The average Bonchev–Trinajstić information content (AvgIpc) is 3.01. The Morgan fingerprint density at radius 1 is 1.18 bits per heavy atom. The molecule has 0 spiro atoms. The van der Waals surface area contributed by atoms with E-state index >= 15 is 0 Å². The summed E-state index contributed by atoms with van der Waals surface area (Å²) in [6, 6.07) is 14.7. The molecule has 28 heavy (non-hydrogen) atoms. The van der Waals surface area contributed by atoms with Crippen molar-refractivity contribution in [3.63, 3.8) is 0 Å². The highest BCUT2D eigenvalue weighted by Crippen LogP contribution is 2.32. The zero-order valence-electron chi connectivity index (χ0n) is 15.6. The number of aromatic nitrogens is 1. The second kappa shape index (κ2) is 7.44. The minimum absolute atomic E-state index is 0.0319. The van der Waals surface area contributed by atoms with Crippen molar-refractivity contribution >= 4 is 34.0 Å². The van der Waals surface area contributed by atoms with Gasteiger partial charge in [0.25, 0.3) is 11.8 Å². The maximum absolute atomic E-state index is 12.4. The molecular weight excluding hydrogens is 374 g/mol. The Labute approximate surface area is 166 Å². The summed E-state index contributed by atoms with van der Waals surface area (Å²) in [5, 5.41) is 3.43. The lowest BCUT2D eigenvalue weighted by Gasteiger charge is -2.29. The van der Waals surface area contributed by atoms with E-state index in [2.05, 4.69) is 10.3 Å². The molecule has 0 bridgehead atoms. The fourth-order valence-electron chi connectivity index (χ4n) is 2.97. The van der Waals surface area contributed by atoms with Crippen LogP contribution in [0.2, 0.25) is 0 Å². The number of nitrogens with zero attached hydrogens (tertiary/aromatic N) is 2. The molecule has 2 amide bonds. The number of rotatable bonds is 4. The molecule has 0 atom stereocenters. The molecule has 2 heterocycles. The first-order chi connectivity index (χ1) is 13.5. The van der Waals surface area contributed by atoms with Gasteiger partial charge in [-0.1, -0.05) is 24.3 Å². The number of benzene rings is 2. The lowest BCUT2D eigenvalue weighted by molar-refractivity contribution is -0.121. The van der Waals surface area contributed by atoms with Crippen LogP contribution >= 0.6 is 11.3 Å². The van der Waals surface area contributed by atoms with E-state index in [9.17, 15) is 9.59 Å². The van der Waals surface area contributed by atoms with Gasteiger partial charge < -0.3 is 9.64 Å². The number of para-hydroxylation sites is 2. The van der Waals surface area contributed by atoms with Crippen molar-refractivity contribution in [2.24, 2.45) is 0 Å². The van der Waals surface area contributed by atoms with Crippen LogP contribution in [-0.2, 0) is 11.3 Å². The van der Waals surface area contributed by atoms with Crippen molar-refractivity contribution in [3.05, 3.63) is 70.2 Å². The standard InChI is InChI=1S/C21H19N3O3S/c1-13-14(2)28-21(22-13)23-20(26)16-9-7-15(8-10-16)11-24-17-5-3-4-6-18(17)27-12-19(24)25/h3-10H,11-12H2,1-2H3,(H,22,23,26). The van der Waals surface area contributed by atoms with Crippen molar-refractivity contribution in [1.29, 1.82) is 0 Å². The fourth-order valence-corrected chi connectivity index (χ4v) is 3.78. The molecule has 0 aliphatic carbocycles. The third kappa shape index (κ3) is 3.61. The Balaban J connectivity index is 1.48. The second-order valence-corrected chi connectivity index (χ2v) is 7.75. The monoisotopic (exact) mass is 393 g/mol. The van der Waals surface area contributed by atoms with Crippen LogP contribution in [0.25, 0.3) is 0 Å². The maximum atomic E-state index is 12.4. The molecular formula is C21H19N3O3S. The van der Waals surface area contributed by atoms with E-state index in [0.29, 0.717) is 23.0 Å². The topological polar surface area (TPSA) is 71.5 Å². The van der Waals surface area contributed by atoms with E-state index in [1.165, 1.54) is 11.3 Å².